The number of aliphatic hydroxyl groups excluding tert-OH is 1. The summed E-state index contributed by atoms with van der Waals surface area (Å²) in [5, 5.41) is 15.7. The van der Waals surface area contributed by atoms with Crippen molar-refractivity contribution in [3.8, 4) is 5.75 Å². The lowest BCUT2D eigenvalue weighted by molar-refractivity contribution is -0.123. The molecule has 3 rings (SSSR count). The van der Waals surface area contributed by atoms with Crippen molar-refractivity contribution in [1.82, 2.24) is 10.3 Å². The van der Waals surface area contributed by atoms with Gasteiger partial charge in [0.1, 0.15) is 17.4 Å². The molecule has 6 nitrogen and oxygen atoms in total. The SMILES string of the molecule is O=C(Cc1csc(COc2ccc(Cl)cc2)n1)NC1(CO)CCOC1. The summed E-state index contributed by atoms with van der Waals surface area (Å²) >= 11 is 7.28. The molecule has 1 saturated heterocycles. The van der Waals surface area contributed by atoms with E-state index in [2.05, 4.69) is 10.3 Å². The first-order chi connectivity index (χ1) is 12.1. The maximum absolute atomic E-state index is 12.2. The summed E-state index contributed by atoms with van der Waals surface area (Å²) < 4.78 is 10.9. The van der Waals surface area contributed by atoms with Crippen molar-refractivity contribution in [1.29, 1.82) is 0 Å². The second kappa shape index (κ2) is 8.14. The highest BCUT2D eigenvalue weighted by atomic mass is 35.5. The lowest BCUT2D eigenvalue weighted by Gasteiger charge is -2.26. The average Bonchev–Trinajstić information content (AvgIpc) is 3.24. The minimum absolute atomic E-state index is 0.129. The molecule has 1 aliphatic rings. The van der Waals surface area contributed by atoms with Crippen LogP contribution in [0.2, 0.25) is 5.02 Å². The van der Waals surface area contributed by atoms with Crippen molar-refractivity contribution < 1.29 is 19.4 Å². The normalized spacial score (nSPS) is 19.8. The zero-order valence-electron chi connectivity index (χ0n) is 13.5. The average molecular weight is 383 g/mol. The molecule has 25 heavy (non-hydrogen) atoms. The van der Waals surface area contributed by atoms with Gasteiger partial charge in [-0.25, -0.2) is 4.98 Å². The van der Waals surface area contributed by atoms with Crippen LogP contribution in [0.25, 0.3) is 0 Å². The van der Waals surface area contributed by atoms with E-state index >= 15 is 0 Å². The first-order valence-corrected chi connectivity index (χ1v) is 9.16. The van der Waals surface area contributed by atoms with E-state index in [0.29, 0.717) is 42.7 Å². The van der Waals surface area contributed by atoms with Gasteiger partial charge in [0.05, 0.1) is 30.9 Å². The molecule has 0 radical (unpaired) electrons. The summed E-state index contributed by atoms with van der Waals surface area (Å²) in [5.41, 5.74) is 0.0254. The Labute approximate surface area is 154 Å². The van der Waals surface area contributed by atoms with Crippen LogP contribution in [0.1, 0.15) is 17.1 Å². The van der Waals surface area contributed by atoms with Crippen LogP contribution < -0.4 is 10.1 Å². The fourth-order valence-electron chi connectivity index (χ4n) is 2.55. The van der Waals surface area contributed by atoms with Gasteiger partial charge in [-0.2, -0.15) is 0 Å². The second-order valence-electron chi connectivity index (χ2n) is 5.94. The largest absolute Gasteiger partial charge is 0.486 e. The molecule has 1 aromatic carbocycles. The molecule has 8 heteroatoms. The van der Waals surface area contributed by atoms with Crippen LogP contribution in [0, 0.1) is 0 Å². The number of benzene rings is 1. The quantitative estimate of drug-likeness (QED) is 0.767. The van der Waals surface area contributed by atoms with Crippen LogP contribution in [0.5, 0.6) is 5.75 Å². The van der Waals surface area contributed by atoms with Crippen molar-refractivity contribution in [3.63, 3.8) is 0 Å². The minimum atomic E-state index is -0.659. The van der Waals surface area contributed by atoms with Gasteiger partial charge in [-0.1, -0.05) is 11.6 Å². The standard InChI is InChI=1S/C17H19ClN2O4S/c18-12-1-3-14(4-2-12)24-8-16-19-13(9-25-16)7-15(22)20-17(10-21)5-6-23-11-17/h1-4,9,21H,5-8,10-11H2,(H,20,22). The minimum Gasteiger partial charge on any atom is -0.486 e. The highest BCUT2D eigenvalue weighted by molar-refractivity contribution is 7.09. The zero-order chi connectivity index (χ0) is 17.7. The number of rotatable bonds is 7. The van der Waals surface area contributed by atoms with Crippen molar-refractivity contribution in [3.05, 3.63) is 45.4 Å². The Bertz CT molecular complexity index is 714. The van der Waals surface area contributed by atoms with Gasteiger partial charge in [0.2, 0.25) is 5.91 Å². The van der Waals surface area contributed by atoms with E-state index in [9.17, 15) is 9.90 Å². The summed E-state index contributed by atoms with van der Waals surface area (Å²) in [6, 6.07) is 7.11. The highest BCUT2D eigenvalue weighted by Gasteiger charge is 2.35. The summed E-state index contributed by atoms with van der Waals surface area (Å²) in [4.78, 5) is 16.6. The molecule has 1 unspecified atom stereocenters. The number of ether oxygens (including phenoxy) is 2. The van der Waals surface area contributed by atoms with Gasteiger partial charge in [-0.05, 0) is 30.7 Å². The lowest BCUT2D eigenvalue weighted by Crippen LogP contribution is -2.52. The third-order valence-corrected chi connectivity index (χ3v) is 5.05. The maximum Gasteiger partial charge on any atom is 0.226 e. The molecule has 0 aliphatic carbocycles. The van der Waals surface area contributed by atoms with E-state index in [1.54, 1.807) is 24.3 Å². The maximum atomic E-state index is 12.2. The number of hydrogen-bond acceptors (Lipinski definition) is 6. The number of thiazole rings is 1. The number of amides is 1. The number of carbonyl (C=O) groups is 1. The lowest BCUT2D eigenvalue weighted by atomic mass is 10.00. The van der Waals surface area contributed by atoms with Crippen molar-refractivity contribution in [2.45, 2.75) is 25.0 Å². The number of aliphatic hydroxyl groups is 1. The molecule has 0 bridgehead atoms. The third-order valence-electron chi connectivity index (χ3n) is 3.93. The highest BCUT2D eigenvalue weighted by Crippen LogP contribution is 2.20. The Morgan fingerprint density at radius 2 is 2.24 bits per heavy atom. The Hall–Kier alpha value is -1.67. The Morgan fingerprint density at radius 1 is 1.44 bits per heavy atom. The monoisotopic (exact) mass is 382 g/mol. The van der Waals surface area contributed by atoms with Crippen LogP contribution in [-0.2, 0) is 22.6 Å². The van der Waals surface area contributed by atoms with Gasteiger partial charge < -0.3 is 19.9 Å². The van der Waals surface area contributed by atoms with Crippen LogP contribution in [-0.4, -0.2) is 41.4 Å². The van der Waals surface area contributed by atoms with Crippen molar-refractivity contribution in [2.24, 2.45) is 0 Å². The van der Waals surface area contributed by atoms with Crippen LogP contribution in [0.4, 0.5) is 0 Å². The fourth-order valence-corrected chi connectivity index (χ4v) is 3.38. The van der Waals surface area contributed by atoms with Gasteiger partial charge in [0, 0.05) is 17.0 Å². The van der Waals surface area contributed by atoms with Crippen molar-refractivity contribution >= 4 is 28.8 Å². The number of nitrogens with zero attached hydrogens (tertiary/aromatic N) is 1. The van der Waals surface area contributed by atoms with Gasteiger partial charge >= 0.3 is 0 Å². The molecule has 0 saturated carbocycles. The summed E-state index contributed by atoms with van der Waals surface area (Å²) in [5.74, 6) is 0.542. The molecule has 2 N–H and O–H groups in total. The number of aromatic nitrogens is 1. The number of halogens is 1. The van der Waals surface area contributed by atoms with Gasteiger partial charge in [-0.15, -0.1) is 11.3 Å². The van der Waals surface area contributed by atoms with E-state index < -0.39 is 5.54 Å². The van der Waals surface area contributed by atoms with E-state index in [1.807, 2.05) is 5.38 Å². The number of nitrogens with one attached hydrogen (secondary N) is 1. The number of hydrogen-bond donors (Lipinski definition) is 2. The molecular formula is C17H19ClN2O4S. The Kier molecular flexibility index (Phi) is 5.90. The summed E-state index contributed by atoms with van der Waals surface area (Å²) in [6.45, 7) is 1.09. The molecule has 1 atom stereocenters. The van der Waals surface area contributed by atoms with E-state index in [4.69, 9.17) is 21.1 Å². The van der Waals surface area contributed by atoms with Crippen molar-refractivity contribution in [2.75, 3.05) is 19.8 Å². The molecule has 134 valence electrons. The van der Waals surface area contributed by atoms with Gasteiger partial charge in [0.25, 0.3) is 0 Å². The molecular weight excluding hydrogens is 364 g/mol. The fraction of sp³-hybridized carbons (Fsp3) is 0.412. The molecule has 1 aliphatic heterocycles. The predicted octanol–water partition coefficient (Wildman–Crippen LogP) is 2.19. The van der Waals surface area contributed by atoms with E-state index in [0.717, 1.165) is 5.01 Å². The van der Waals surface area contributed by atoms with Crippen LogP contribution >= 0.6 is 22.9 Å². The number of carbonyl (C=O) groups excluding carboxylic acids is 1. The van der Waals surface area contributed by atoms with Crippen LogP contribution in [0.15, 0.2) is 29.6 Å². The first-order valence-electron chi connectivity index (χ1n) is 7.90. The van der Waals surface area contributed by atoms with E-state index in [1.165, 1.54) is 11.3 Å². The summed E-state index contributed by atoms with van der Waals surface area (Å²) in [6.07, 6.45) is 0.783. The van der Waals surface area contributed by atoms with E-state index in [-0.39, 0.29) is 18.9 Å². The zero-order valence-corrected chi connectivity index (χ0v) is 15.1. The first kappa shape index (κ1) is 18.1. The predicted molar refractivity (Wildman–Crippen MR) is 95.0 cm³/mol. The molecule has 1 fully saturated rings. The molecule has 1 aromatic heterocycles. The third kappa shape index (κ3) is 4.92. The topological polar surface area (TPSA) is 80.7 Å². The van der Waals surface area contributed by atoms with Crippen LogP contribution in [0.3, 0.4) is 0 Å². The second-order valence-corrected chi connectivity index (χ2v) is 7.32. The van der Waals surface area contributed by atoms with Gasteiger partial charge in [-0.3, -0.25) is 4.79 Å². The molecule has 2 aromatic rings. The van der Waals surface area contributed by atoms with Gasteiger partial charge in [0.15, 0.2) is 0 Å². The Morgan fingerprint density at radius 3 is 2.92 bits per heavy atom. The smallest absolute Gasteiger partial charge is 0.226 e. The molecule has 0 spiro atoms. The Balaban J connectivity index is 1.51. The molecule has 1 amide bonds. The molecule has 2 heterocycles. The summed E-state index contributed by atoms with van der Waals surface area (Å²) in [7, 11) is 0.